The second-order valence-electron chi connectivity index (χ2n) is 9.10. The normalized spacial score (nSPS) is 14.9. The molecule has 0 aliphatic carbocycles. The Morgan fingerprint density at radius 1 is 0.923 bits per heavy atom. The molecule has 1 saturated heterocycles. The maximum Gasteiger partial charge on any atom is 0.254 e. The third-order valence-electron chi connectivity index (χ3n) is 6.61. The van der Waals surface area contributed by atoms with Crippen LogP contribution in [0.3, 0.4) is 0 Å². The van der Waals surface area contributed by atoms with Crippen molar-refractivity contribution in [1.82, 2.24) is 14.1 Å². The lowest BCUT2D eigenvalue weighted by Gasteiger charge is -2.35. The first-order chi connectivity index (χ1) is 18.8. The van der Waals surface area contributed by atoms with E-state index in [-0.39, 0.29) is 10.8 Å². The van der Waals surface area contributed by atoms with Gasteiger partial charge in [0.15, 0.2) is 0 Å². The summed E-state index contributed by atoms with van der Waals surface area (Å²) in [6.45, 7) is 2.84. The molecule has 1 amide bonds. The molecule has 10 heteroatoms. The molecule has 0 saturated carbocycles. The fourth-order valence-electron chi connectivity index (χ4n) is 4.37. The summed E-state index contributed by atoms with van der Waals surface area (Å²) in [5.74, 6) is -0.408. The first kappa shape index (κ1) is 28.4. The van der Waals surface area contributed by atoms with E-state index in [2.05, 4.69) is 4.90 Å². The molecule has 0 N–H and O–H groups in total. The number of hydrogen-bond acceptors (Lipinski definition) is 5. The average molecular weight is 556 g/mol. The number of para-hydroxylation sites is 1. The zero-order chi connectivity index (χ0) is 27.8. The maximum atomic E-state index is 13.4. The Morgan fingerprint density at radius 3 is 2.18 bits per heavy atom. The zero-order valence-electron chi connectivity index (χ0n) is 21.7. The van der Waals surface area contributed by atoms with Gasteiger partial charge in [0, 0.05) is 56.9 Å². The van der Waals surface area contributed by atoms with Crippen molar-refractivity contribution in [2.45, 2.75) is 4.90 Å². The van der Waals surface area contributed by atoms with E-state index in [0.717, 1.165) is 23.4 Å². The average Bonchev–Trinajstić information content (AvgIpc) is 2.95. The third-order valence-corrected chi connectivity index (χ3v) is 8.52. The number of sulfonamides is 1. The summed E-state index contributed by atoms with van der Waals surface area (Å²) < 4.78 is 59.3. The highest BCUT2D eigenvalue weighted by Gasteiger charge is 2.28. The molecule has 3 aromatic rings. The number of nitrogens with zero attached hydrogens (tertiary/aromatic N) is 3. The molecule has 0 spiro atoms. The van der Waals surface area contributed by atoms with Gasteiger partial charge < -0.3 is 9.64 Å². The van der Waals surface area contributed by atoms with Gasteiger partial charge >= 0.3 is 0 Å². The van der Waals surface area contributed by atoms with Crippen LogP contribution in [0.25, 0.3) is 6.08 Å². The van der Waals surface area contributed by atoms with Crippen LogP contribution in [0.1, 0.15) is 15.9 Å². The first-order valence-electron chi connectivity index (χ1n) is 12.6. The molecule has 4 rings (SSSR count). The summed E-state index contributed by atoms with van der Waals surface area (Å²) in [5.41, 5.74) is 1.27. The first-order valence-corrected chi connectivity index (χ1v) is 14.0. The Labute approximate surface area is 228 Å². The SMILES string of the molecule is COc1ccccc1C=CCN(CCN1CCN(S(=O)(=O)c2ccc(F)cc2)CC1)C(=O)c1ccc(F)cc1. The van der Waals surface area contributed by atoms with Crippen molar-refractivity contribution in [3.8, 4) is 5.75 Å². The Kier molecular flexibility index (Phi) is 9.45. The lowest BCUT2D eigenvalue weighted by Crippen LogP contribution is -2.50. The third kappa shape index (κ3) is 7.29. The van der Waals surface area contributed by atoms with Gasteiger partial charge in [-0.3, -0.25) is 9.69 Å². The van der Waals surface area contributed by atoms with Gasteiger partial charge in [-0.2, -0.15) is 4.31 Å². The fourth-order valence-corrected chi connectivity index (χ4v) is 5.80. The van der Waals surface area contributed by atoms with E-state index in [1.807, 2.05) is 36.4 Å². The predicted molar refractivity (Wildman–Crippen MR) is 146 cm³/mol. The highest BCUT2D eigenvalue weighted by Crippen LogP contribution is 2.20. The Balaban J connectivity index is 1.39. The largest absolute Gasteiger partial charge is 0.496 e. The summed E-state index contributed by atoms with van der Waals surface area (Å²) in [5, 5.41) is 0. The molecule has 0 aromatic heterocycles. The van der Waals surface area contributed by atoms with Gasteiger partial charge in [-0.05, 0) is 54.6 Å². The number of amides is 1. The minimum absolute atomic E-state index is 0.0650. The van der Waals surface area contributed by atoms with Crippen LogP contribution in [-0.2, 0) is 10.0 Å². The van der Waals surface area contributed by atoms with Crippen LogP contribution in [0, 0.1) is 11.6 Å². The number of piperazine rings is 1. The number of benzene rings is 3. The van der Waals surface area contributed by atoms with Gasteiger partial charge in [0.05, 0.1) is 12.0 Å². The molecule has 1 heterocycles. The quantitative estimate of drug-likeness (QED) is 0.376. The molecule has 0 unspecified atom stereocenters. The number of halogens is 2. The summed E-state index contributed by atoms with van der Waals surface area (Å²) in [6, 6.07) is 17.8. The molecule has 1 aliphatic heterocycles. The fraction of sp³-hybridized carbons (Fsp3) is 0.276. The molecular weight excluding hydrogens is 524 g/mol. The van der Waals surface area contributed by atoms with Crippen LogP contribution in [-0.4, -0.2) is 81.4 Å². The molecule has 206 valence electrons. The van der Waals surface area contributed by atoms with Crippen molar-refractivity contribution in [3.05, 3.63) is 102 Å². The van der Waals surface area contributed by atoms with Crippen molar-refractivity contribution in [2.24, 2.45) is 0 Å². The van der Waals surface area contributed by atoms with Gasteiger partial charge in [-0.15, -0.1) is 0 Å². The van der Waals surface area contributed by atoms with Crippen LogP contribution in [0.4, 0.5) is 8.78 Å². The van der Waals surface area contributed by atoms with E-state index in [1.165, 1.54) is 40.7 Å². The van der Waals surface area contributed by atoms with Gasteiger partial charge in [0.25, 0.3) is 5.91 Å². The van der Waals surface area contributed by atoms with Crippen molar-refractivity contribution in [2.75, 3.05) is 52.9 Å². The summed E-state index contributed by atoms with van der Waals surface area (Å²) >= 11 is 0. The lowest BCUT2D eigenvalue weighted by atomic mass is 10.1. The van der Waals surface area contributed by atoms with Gasteiger partial charge in [-0.1, -0.05) is 30.4 Å². The van der Waals surface area contributed by atoms with Crippen LogP contribution >= 0.6 is 0 Å². The lowest BCUT2D eigenvalue weighted by molar-refractivity contribution is 0.0745. The second-order valence-corrected chi connectivity index (χ2v) is 11.0. The van der Waals surface area contributed by atoms with Crippen molar-refractivity contribution in [3.63, 3.8) is 0 Å². The van der Waals surface area contributed by atoms with Gasteiger partial charge in [0.1, 0.15) is 17.4 Å². The van der Waals surface area contributed by atoms with Crippen LogP contribution < -0.4 is 4.74 Å². The molecule has 3 aromatic carbocycles. The van der Waals surface area contributed by atoms with Crippen LogP contribution in [0.15, 0.2) is 83.8 Å². The number of rotatable bonds is 10. The zero-order valence-corrected chi connectivity index (χ0v) is 22.5. The Bertz CT molecular complexity index is 1390. The maximum absolute atomic E-state index is 13.4. The number of hydrogen-bond donors (Lipinski definition) is 0. The minimum atomic E-state index is -3.71. The number of carbonyl (C=O) groups excluding carboxylic acids is 1. The van der Waals surface area contributed by atoms with E-state index >= 15 is 0 Å². The molecular formula is C29H31F2N3O4S. The minimum Gasteiger partial charge on any atom is -0.496 e. The van der Waals surface area contributed by atoms with Crippen molar-refractivity contribution in [1.29, 1.82) is 0 Å². The van der Waals surface area contributed by atoms with Crippen LogP contribution in [0.5, 0.6) is 5.75 Å². The standard InChI is InChI=1S/C29H31F2N3O4S/c1-38-28-7-3-2-5-23(28)6-4-16-33(29(35)24-8-10-25(30)11-9-24)20-17-32-18-21-34(22-19-32)39(36,37)27-14-12-26(31)13-15-27/h2-15H,16-22H2,1H3. The summed E-state index contributed by atoms with van der Waals surface area (Å²) in [7, 11) is -2.11. The van der Waals surface area contributed by atoms with E-state index in [1.54, 1.807) is 12.0 Å². The number of ether oxygens (including phenoxy) is 1. The molecule has 0 atom stereocenters. The Morgan fingerprint density at radius 2 is 1.54 bits per heavy atom. The molecule has 0 bridgehead atoms. The summed E-state index contributed by atoms with van der Waals surface area (Å²) in [6.07, 6.45) is 3.77. The van der Waals surface area contributed by atoms with E-state index in [4.69, 9.17) is 4.74 Å². The molecule has 7 nitrogen and oxygen atoms in total. The topological polar surface area (TPSA) is 70.2 Å². The molecule has 39 heavy (non-hydrogen) atoms. The number of methoxy groups -OCH3 is 1. The van der Waals surface area contributed by atoms with E-state index in [0.29, 0.717) is 51.4 Å². The van der Waals surface area contributed by atoms with Gasteiger partial charge in [0.2, 0.25) is 10.0 Å². The molecule has 1 aliphatic rings. The molecule has 1 fully saturated rings. The van der Waals surface area contributed by atoms with Crippen LogP contribution in [0.2, 0.25) is 0 Å². The Hall–Kier alpha value is -3.60. The highest BCUT2D eigenvalue weighted by atomic mass is 32.2. The van der Waals surface area contributed by atoms with E-state index < -0.39 is 21.7 Å². The monoisotopic (exact) mass is 555 g/mol. The number of carbonyl (C=O) groups is 1. The van der Waals surface area contributed by atoms with Crippen molar-refractivity contribution < 1.29 is 26.7 Å². The highest BCUT2D eigenvalue weighted by molar-refractivity contribution is 7.89. The van der Waals surface area contributed by atoms with Crippen molar-refractivity contribution >= 4 is 22.0 Å². The smallest absolute Gasteiger partial charge is 0.254 e. The van der Waals surface area contributed by atoms with Gasteiger partial charge in [-0.25, -0.2) is 17.2 Å². The summed E-state index contributed by atoms with van der Waals surface area (Å²) in [4.78, 5) is 17.1. The molecule has 0 radical (unpaired) electrons. The van der Waals surface area contributed by atoms with E-state index in [9.17, 15) is 22.0 Å². The second kappa shape index (κ2) is 13.0. The predicted octanol–water partition coefficient (Wildman–Crippen LogP) is 4.14.